The van der Waals surface area contributed by atoms with Gasteiger partial charge in [0.25, 0.3) is 0 Å². The van der Waals surface area contributed by atoms with Crippen LogP contribution in [0.25, 0.3) is 21.8 Å². The van der Waals surface area contributed by atoms with Crippen molar-refractivity contribution in [3.63, 3.8) is 0 Å². The summed E-state index contributed by atoms with van der Waals surface area (Å²) in [6.07, 6.45) is 3.60. The Balaban J connectivity index is 0.000000154. The number of hydrogen-bond donors (Lipinski definition) is 0. The number of pyridine rings is 2. The quantitative estimate of drug-likeness (QED) is 0.421. The van der Waals surface area contributed by atoms with Gasteiger partial charge in [-0.05, 0) is 26.0 Å². The van der Waals surface area contributed by atoms with Crippen LogP contribution in [0.2, 0.25) is 0 Å². The first-order valence-corrected chi connectivity index (χ1v) is 7.36. The first-order valence-electron chi connectivity index (χ1n) is 7.36. The average Bonchev–Trinajstić information content (AvgIpc) is 2.58. The van der Waals surface area contributed by atoms with E-state index in [0.717, 1.165) is 21.8 Å². The molecule has 2 heterocycles. The molecular weight excluding hydrogens is 268 g/mol. The molecular formula is C20H18N2. The van der Waals surface area contributed by atoms with Crippen LogP contribution in [0, 0.1) is 13.8 Å². The standard InChI is InChI=1S/C12H8N2.C8H10/c1-3-9-5-6-10-4-2-8-14-12(10)11(9)13-7-1;1-7-3-5-8(2)6-4-7/h1-8H;3-6H,1-2H3. The van der Waals surface area contributed by atoms with Crippen LogP contribution in [0.5, 0.6) is 0 Å². The monoisotopic (exact) mass is 286 g/mol. The van der Waals surface area contributed by atoms with Gasteiger partial charge < -0.3 is 0 Å². The first kappa shape index (κ1) is 14.2. The third-order valence-electron chi connectivity index (χ3n) is 3.56. The van der Waals surface area contributed by atoms with Crippen molar-refractivity contribution in [2.45, 2.75) is 13.8 Å². The van der Waals surface area contributed by atoms with Crippen molar-refractivity contribution >= 4 is 21.8 Å². The van der Waals surface area contributed by atoms with Gasteiger partial charge in [-0.3, -0.25) is 9.97 Å². The summed E-state index contributed by atoms with van der Waals surface area (Å²) in [6.45, 7) is 4.19. The lowest BCUT2D eigenvalue weighted by atomic mass is 10.1. The van der Waals surface area contributed by atoms with Crippen molar-refractivity contribution in [1.29, 1.82) is 0 Å². The zero-order valence-corrected chi connectivity index (χ0v) is 12.8. The molecule has 2 heteroatoms. The fourth-order valence-electron chi connectivity index (χ4n) is 2.32. The lowest BCUT2D eigenvalue weighted by Gasteiger charge is -2.00. The first-order chi connectivity index (χ1) is 10.7. The summed E-state index contributed by atoms with van der Waals surface area (Å²) >= 11 is 0. The molecule has 0 bridgehead atoms. The summed E-state index contributed by atoms with van der Waals surface area (Å²) in [6, 6.07) is 20.6. The number of nitrogens with zero attached hydrogens (tertiary/aromatic N) is 2. The van der Waals surface area contributed by atoms with Gasteiger partial charge in [0, 0.05) is 23.2 Å². The second-order valence-electron chi connectivity index (χ2n) is 5.37. The SMILES string of the molecule is Cc1ccc(C)cc1.c1cnc2c(c1)ccc1cccnc12. The lowest BCUT2D eigenvalue weighted by molar-refractivity contribution is 1.37. The summed E-state index contributed by atoms with van der Waals surface area (Å²) in [5.74, 6) is 0. The summed E-state index contributed by atoms with van der Waals surface area (Å²) in [5.41, 5.74) is 4.61. The minimum absolute atomic E-state index is 0.977. The van der Waals surface area contributed by atoms with Crippen LogP contribution in [0.15, 0.2) is 73.1 Å². The number of aryl methyl sites for hydroxylation is 2. The zero-order chi connectivity index (χ0) is 15.4. The predicted molar refractivity (Wildman–Crippen MR) is 93.0 cm³/mol. The van der Waals surface area contributed by atoms with Crippen molar-refractivity contribution in [1.82, 2.24) is 9.97 Å². The molecule has 0 aliphatic heterocycles. The largest absolute Gasteiger partial charge is 0.254 e. The molecule has 4 rings (SSSR count). The molecule has 0 radical (unpaired) electrons. The highest BCUT2D eigenvalue weighted by molar-refractivity contribution is 6.02. The van der Waals surface area contributed by atoms with Crippen LogP contribution in [-0.2, 0) is 0 Å². The molecule has 0 aliphatic carbocycles. The van der Waals surface area contributed by atoms with E-state index in [1.807, 2.05) is 12.1 Å². The molecule has 0 unspecified atom stereocenters. The van der Waals surface area contributed by atoms with Crippen molar-refractivity contribution in [3.05, 3.63) is 84.2 Å². The Kier molecular flexibility index (Phi) is 4.10. The maximum absolute atomic E-state index is 4.35. The van der Waals surface area contributed by atoms with Crippen molar-refractivity contribution < 1.29 is 0 Å². The molecule has 2 nitrogen and oxygen atoms in total. The van der Waals surface area contributed by atoms with Gasteiger partial charge in [-0.2, -0.15) is 0 Å². The van der Waals surface area contributed by atoms with Gasteiger partial charge in [-0.25, -0.2) is 0 Å². The topological polar surface area (TPSA) is 25.8 Å². The summed E-state index contributed by atoms with van der Waals surface area (Å²) in [5, 5.41) is 2.28. The minimum Gasteiger partial charge on any atom is -0.254 e. The number of aromatic nitrogens is 2. The Hall–Kier alpha value is -2.74. The van der Waals surface area contributed by atoms with E-state index in [1.54, 1.807) is 12.4 Å². The van der Waals surface area contributed by atoms with E-state index in [0.29, 0.717) is 0 Å². The van der Waals surface area contributed by atoms with E-state index in [1.165, 1.54) is 11.1 Å². The van der Waals surface area contributed by atoms with E-state index in [4.69, 9.17) is 0 Å². The van der Waals surface area contributed by atoms with E-state index in [2.05, 4.69) is 72.3 Å². The summed E-state index contributed by atoms with van der Waals surface area (Å²) in [4.78, 5) is 8.69. The fourth-order valence-corrected chi connectivity index (χ4v) is 2.32. The molecule has 22 heavy (non-hydrogen) atoms. The second-order valence-corrected chi connectivity index (χ2v) is 5.37. The second kappa shape index (κ2) is 6.35. The molecule has 0 aliphatic rings. The molecule has 4 aromatic rings. The van der Waals surface area contributed by atoms with Gasteiger partial charge in [0.1, 0.15) is 0 Å². The van der Waals surface area contributed by atoms with Gasteiger partial charge in [0.2, 0.25) is 0 Å². The number of hydrogen-bond acceptors (Lipinski definition) is 2. The maximum atomic E-state index is 4.35. The Morgan fingerprint density at radius 3 is 1.36 bits per heavy atom. The molecule has 0 amide bonds. The number of rotatable bonds is 0. The Bertz CT molecular complexity index is 820. The van der Waals surface area contributed by atoms with Gasteiger partial charge in [-0.15, -0.1) is 0 Å². The third-order valence-corrected chi connectivity index (χ3v) is 3.56. The molecule has 0 saturated heterocycles. The van der Waals surface area contributed by atoms with Gasteiger partial charge >= 0.3 is 0 Å². The van der Waals surface area contributed by atoms with Crippen LogP contribution in [0.3, 0.4) is 0 Å². The molecule has 2 aromatic heterocycles. The molecule has 0 saturated carbocycles. The van der Waals surface area contributed by atoms with Crippen LogP contribution in [0.1, 0.15) is 11.1 Å². The number of fused-ring (bicyclic) bond motifs is 3. The highest BCUT2D eigenvalue weighted by Gasteiger charge is 2.00. The molecule has 0 N–H and O–H groups in total. The van der Waals surface area contributed by atoms with E-state index >= 15 is 0 Å². The highest BCUT2D eigenvalue weighted by atomic mass is 14.7. The van der Waals surface area contributed by atoms with Crippen LogP contribution in [0.4, 0.5) is 0 Å². The normalized spacial score (nSPS) is 10.3. The van der Waals surface area contributed by atoms with Gasteiger partial charge in [-0.1, -0.05) is 59.7 Å². The van der Waals surface area contributed by atoms with Crippen molar-refractivity contribution in [3.8, 4) is 0 Å². The van der Waals surface area contributed by atoms with E-state index in [9.17, 15) is 0 Å². The highest BCUT2D eigenvalue weighted by Crippen LogP contribution is 2.20. The number of benzene rings is 2. The van der Waals surface area contributed by atoms with Crippen LogP contribution in [-0.4, -0.2) is 9.97 Å². The van der Waals surface area contributed by atoms with Gasteiger partial charge in [0.05, 0.1) is 11.0 Å². The molecule has 108 valence electrons. The summed E-state index contributed by atoms with van der Waals surface area (Å²) in [7, 11) is 0. The van der Waals surface area contributed by atoms with Crippen molar-refractivity contribution in [2.24, 2.45) is 0 Å². The third kappa shape index (κ3) is 3.12. The molecule has 2 aromatic carbocycles. The fraction of sp³-hybridized carbons (Fsp3) is 0.100. The van der Waals surface area contributed by atoms with Crippen LogP contribution < -0.4 is 0 Å². The Morgan fingerprint density at radius 1 is 0.545 bits per heavy atom. The zero-order valence-electron chi connectivity index (χ0n) is 12.8. The van der Waals surface area contributed by atoms with Crippen LogP contribution >= 0.6 is 0 Å². The smallest absolute Gasteiger partial charge is 0.0964 e. The average molecular weight is 286 g/mol. The molecule has 0 fully saturated rings. The Labute approximate surface area is 130 Å². The molecule has 0 spiro atoms. The summed E-state index contributed by atoms with van der Waals surface area (Å²) < 4.78 is 0. The van der Waals surface area contributed by atoms with E-state index < -0.39 is 0 Å². The molecule has 0 atom stereocenters. The maximum Gasteiger partial charge on any atom is 0.0964 e. The van der Waals surface area contributed by atoms with Gasteiger partial charge in [0.15, 0.2) is 0 Å². The predicted octanol–water partition coefficient (Wildman–Crippen LogP) is 5.09. The lowest BCUT2D eigenvalue weighted by Crippen LogP contribution is -1.83. The van der Waals surface area contributed by atoms with E-state index in [-0.39, 0.29) is 0 Å². The minimum atomic E-state index is 0.977. The Morgan fingerprint density at radius 2 is 0.955 bits per heavy atom. The van der Waals surface area contributed by atoms with Crippen molar-refractivity contribution in [2.75, 3.05) is 0 Å².